The zero-order valence-electron chi connectivity index (χ0n) is 17.7. The minimum absolute atomic E-state index is 0.0564. The predicted molar refractivity (Wildman–Crippen MR) is 124 cm³/mol. The molecule has 158 valence electrons. The molecule has 0 aliphatic carbocycles. The molecule has 1 unspecified atom stereocenters. The summed E-state index contributed by atoms with van der Waals surface area (Å²) in [5, 5.41) is 5.91. The van der Waals surface area contributed by atoms with Crippen molar-refractivity contribution in [2.45, 2.75) is 31.1 Å². The van der Waals surface area contributed by atoms with Gasteiger partial charge in [0.05, 0.1) is 30.7 Å². The highest BCUT2D eigenvalue weighted by Crippen LogP contribution is 2.38. The van der Waals surface area contributed by atoms with Crippen molar-refractivity contribution in [3.05, 3.63) is 64.6 Å². The summed E-state index contributed by atoms with van der Waals surface area (Å²) in [6.45, 7) is 5.14. The number of thioether (sulfide) groups is 1. The van der Waals surface area contributed by atoms with Gasteiger partial charge in [0.1, 0.15) is 0 Å². The van der Waals surface area contributed by atoms with Gasteiger partial charge in [-0.25, -0.2) is 0 Å². The number of carbonyl (C=O) groups is 2. The van der Waals surface area contributed by atoms with Crippen molar-refractivity contribution in [1.82, 2.24) is 5.32 Å². The Hall–Kier alpha value is -2.57. The van der Waals surface area contributed by atoms with Gasteiger partial charge in [0.2, 0.25) is 0 Å². The maximum atomic E-state index is 12.4. The number of hydrogen-bond donors (Lipinski definition) is 3. The highest BCUT2D eigenvalue weighted by molar-refractivity contribution is 8.04. The van der Waals surface area contributed by atoms with E-state index in [9.17, 15) is 9.59 Å². The molecule has 30 heavy (non-hydrogen) atoms. The molecule has 0 fully saturated rings. The number of nitrogens with one attached hydrogen (secondary N) is 3. The molecule has 6 heteroatoms. The van der Waals surface area contributed by atoms with Gasteiger partial charge in [-0.15, -0.1) is 0 Å². The van der Waals surface area contributed by atoms with Crippen LogP contribution in [0, 0.1) is 0 Å². The molecule has 3 rings (SSSR count). The van der Waals surface area contributed by atoms with E-state index in [0.717, 1.165) is 29.1 Å². The monoisotopic (exact) mass is 424 g/mol. The van der Waals surface area contributed by atoms with Crippen molar-refractivity contribution < 1.29 is 14.5 Å². The van der Waals surface area contributed by atoms with Gasteiger partial charge < -0.3 is 15.5 Å². The first-order chi connectivity index (χ1) is 14.6. The van der Waals surface area contributed by atoms with Gasteiger partial charge in [-0.05, 0) is 42.3 Å². The van der Waals surface area contributed by atoms with Crippen LogP contribution in [0.5, 0.6) is 0 Å². The summed E-state index contributed by atoms with van der Waals surface area (Å²) in [7, 11) is 2.20. The van der Waals surface area contributed by atoms with Crippen LogP contribution in [0.3, 0.4) is 0 Å². The number of carbonyl (C=O) groups excluding carboxylic acids is 2. The highest BCUT2D eigenvalue weighted by Gasteiger charge is 2.20. The Kier molecular flexibility index (Phi) is 8.11. The highest BCUT2D eigenvalue weighted by atomic mass is 32.2. The van der Waals surface area contributed by atoms with Gasteiger partial charge >= 0.3 is 0 Å². The Bertz CT molecular complexity index is 909. The summed E-state index contributed by atoms with van der Waals surface area (Å²) in [5.74, 6) is -0.161. The molecule has 3 N–H and O–H groups in total. The molecule has 1 heterocycles. The first-order valence-corrected chi connectivity index (χ1v) is 11.4. The quantitative estimate of drug-likeness (QED) is 0.428. The topological polar surface area (TPSA) is 62.6 Å². The zero-order chi connectivity index (χ0) is 21.3. The van der Waals surface area contributed by atoms with Gasteiger partial charge in [-0.1, -0.05) is 49.4 Å². The van der Waals surface area contributed by atoms with Gasteiger partial charge in [0, 0.05) is 23.4 Å². The molecule has 0 saturated heterocycles. The lowest BCUT2D eigenvalue weighted by Crippen LogP contribution is -3.09. The first kappa shape index (κ1) is 22.1. The average molecular weight is 425 g/mol. The molecule has 5 nitrogen and oxygen atoms in total. The first-order valence-electron chi connectivity index (χ1n) is 10.6. The van der Waals surface area contributed by atoms with E-state index in [0.29, 0.717) is 17.0 Å². The second-order valence-corrected chi connectivity index (χ2v) is 8.69. The summed E-state index contributed by atoms with van der Waals surface area (Å²) in [6.07, 6.45) is 5.29. The largest absolute Gasteiger partial charge is 0.352 e. The molecule has 1 aliphatic heterocycles. The molecule has 0 aromatic heterocycles. The molecule has 0 saturated carbocycles. The number of amides is 2. The third-order valence-electron chi connectivity index (χ3n) is 5.07. The number of para-hydroxylation sites is 1. The second kappa shape index (κ2) is 11.0. The molecule has 0 bridgehead atoms. The second-order valence-electron chi connectivity index (χ2n) is 7.60. The van der Waals surface area contributed by atoms with Gasteiger partial charge in [-0.3, -0.25) is 9.59 Å². The van der Waals surface area contributed by atoms with Crippen molar-refractivity contribution in [2.75, 3.05) is 32.0 Å². The minimum Gasteiger partial charge on any atom is -0.352 e. The maximum Gasteiger partial charge on any atom is 0.262 e. The van der Waals surface area contributed by atoms with Gasteiger partial charge in [0.25, 0.3) is 11.8 Å². The number of fused-ring (bicyclic) bond motifs is 1. The van der Waals surface area contributed by atoms with E-state index in [4.69, 9.17) is 0 Å². The number of quaternary nitrogens is 1. The molecular formula is C24H30N3O2S+. The van der Waals surface area contributed by atoms with Crippen LogP contribution >= 0.6 is 11.8 Å². The Balaban J connectivity index is 1.52. The summed E-state index contributed by atoms with van der Waals surface area (Å²) >= 11 is 1.46. The molecule has 2 aromatic carbocycles. The predicted octanol–water partition coefficient (Wildman–Crippen LogP) is 3.21. The standard InChI is InChI=1S/C24H29N3O2S/c1-3-4-15-27(2)16-7-14-25-23(28)19-12-10-18(11-13-19)17-22-24(29)26-20-8-5-6-9-21(20)30-22/h5-6,8-13,17H,3-4,7,14-16H2,1-2H3,(H,25,28)(H,26,29)/p+1. The van der Waals surface area contributed by atoms with E-state index in [2.05, 4.69) is 24.6 Å². The fourth-order valence-corrected chi connectivity index (χ4v) is 4.23. The van der Waals surface area contributed by atoms with E-state index < -0.39 is 0 Å². The van der Waals surface area contributed by atoms with Crippen molar-refractivity contribution in [1.29, 1.82) is 0 Å². The Morgan fingerprint density at radius 1 is 1.10 bits per heavy atom. The lowest BCUT2D eigenvalue weighted by Gasteiger charge is -2.18. The number of anilines is 1. The zero-order valence-corrected chi connectivity index (χ0v) is 18.5. The molecule has 2 aromatic rings. The van der Waals surface area contributed by atoms with E-state index in [-0.39, 0.29) is 11.8 Å². The Morgan fingerprint density at radius 2 is 1.83 bits per heavy atom. The maximum absolute atomic E-state index is 12.4. The molecule has 2 amide bonds. The summed E-state index contributed by atoms with van der Waals surface area (Å²) in [6, 6.07) is 15.1. The number of hydrogen-bond acceptors (Lipinski definition) is 3. The molecule has 0 radical (unpaired) electrons. The Labute approximate surface area is 182 Å². The Morgan fingerprint density at radius 3 is 2.60 bits per heavy atom. The fraction of sp³-hybridized carbons (Fsp3) is 0.333. The van der Waals surface area contributed by atoms with Crippen LogP contribution in [0.2, 0.25) is 0 Å². The molecular weight excluding hydrogens is 394 g/mol. The van der Waals surface area contributed by atoms with E-state index in [1.165, 1.54) is 36.0 Å². The minimum atomic E-state index is -0.105. The number of unbranched alkanes of at least 4 members (excludes halogenated alkanes) is 1. The summed E-state index contributed by atoms with van der Waals surface area (Å²) in [4.78, 5) is 27.9. The van der Waals surface area contributed by atoms with Crippen LogP contribution < -0.4 is 15.5 Å². The van der Waals surface area contributed by atoms with Crippen LogP contribution in [0.25, 0.3) is 6.08 Å². The molecule has 0 spiro atoms. The van der Waals surface area contributed by atoms with Crippen molar-refractivity contribution in [3.63, 3.8) is 0 Å². The fourth-order valence-electron chi connectivity index (χ4n) is 3.28. The van der Waals surface area contributed by atoms with Crippen molar-refractivity contribution >= 4 is 35.3 Å². The summed E-state index contributed by atoms with van der Waals surface area (Å²) in [5.41, 5.74) is 2.37. The van der Waals surface area contributed by atoms with E-state index >= 15 is 0 Å². The van der Waals surface area contributed by atoms with Crippen LogP contribution in [-0.4, -0.2) is 38.5 Å². The van der Waals surface area contributed by atoms with Crippen molar-refractivity contribution in [3.8, 4) is 0 Å². The van der Waals surface area contributed by atoms with E-state index in [1.54, 1.807) is 12.1 Å². The van der Waals surface area contributed by atoms with Crippen molar-refractivity contribution in [2.24, 2.45) is 0 Å². The normalized spacial score (nSPS) is 15.4. The number of rotatable bonds is 9. The number of benzene rings is 2. The van der Waals surface area contributed by atoms with E-state index in [1.807, 2.05) is 42.5 Å². The molecule has 1 aliphatic rings. The van der Waals surface area contributed by atoms with Crippen LogP contribution in [0.4, 0.5) is 5.69 Å². The average Bonchev–Trinajstić information content (AvgIpc) is 2.76. The molecule has 1 atom stereocenters. The smallest absolute Gasteiger partial charge is 0.262 e. The van der Waals surface area contributed by atoms with Gasteiger partial charge in [-0.2, -0.15) is 0 Å². The third kappa shape index (κ3) is 6.21. The lowest BCUT2D eigenvalue weighted by molar-refractivity contribution is -0.879. The van der Waals surface area contributed by atoms with Crippen LogP contribution in [-0.2, 0) is 4.79 Å². The lowest BCUT2D eigenvalue weighted by atomic mass is 10.1. The SMILES string of the molecule is CCCC[NH+](C)CCCNC(=O)c1ccc(C=C2Sc3ccccc3NC2=O)cc1. The van der Waals surface area contributed by atoms with Crippen LogP contribution in [0.15, 0.2) is 58.3 Å². The van der Waals surface area contributed by atoms with Gasteiger partial charge in [0.15, 0.2) is 0 Å². The van der Waals surface area contributed by atoms with Crippen LogP contribution in [0.1, 0.15) is 42.1 Å². The summed E-state index contributed by atoms with van der Waals surface area (Å²) < 4.78 is 0. The third-order valence-corrected chi connectivity index (χ3v) is 6.17.